The summed E-state index contributed by atoms with van der Waals surface area (Å²) >= 11 is 0. The first-order valence-corrected chi connectivity index (χ1v) is 24.8. The van der Waals surface area contributed by atoms with Crippen LogP contribution in [0.2, 0.25) is 0 Å². The van der Waals surface area contributed by atoms with Crippen molar-refractivity contribution in [1.82, 2.24) is 0 Å². The van der Waals surface area contributed by atoms with Crippen molar-refractivity contribution in [2.24, 2.45) is 5.73 Å². The zero-order valence-electron chi connectivity index (χ0n) is 36.8. The van der Waals surface area contributed by atoms with Gasteiger partial charge in [-0.05, 0) is 83.5 Å². The van der Waals surface area contributed by atoms with Crippen molar-refractivity contribution >= 4 is 13.8 Å². The topological polar surface area (TPSA) is 117 Å². The smallest absolute Gasteiger partial charge is 0.457 e. The molecule has 8 nitrogen and oxygen atoms in total. The minimum atomic E-state index is -4.29. The molecule has 2 atom stereocenters. The first-order chi connectivity index (χ1) is 27.9. The Morgan fingerprint density at radius 3 is 1.40 bits per heavy atom. The van der Waals surface area contributed by atoms with Crippen molar-refractivity contribution < 1.29 is 32.8 Å². The first-order valence-electron chi connectivity index (χ1n) is 23.3. The van der Waals surface area contributed by atoms with Gasteiger partial charge in [-0.15, -0.1) is 0 Å². The molecule has 57 heavy (non-hydrogen) atoms. The van der Waals surface area contributed by atoms with Crippen molar-refractivity contribution in [2.45, 2.75) is 206 Å². The van der Waals surface area contributed by atoms with Gasteiger partial charge in [0.25, 0.3) is 0 Å². The molecule has 0 saturated heterocycles. The fraction of sp³-hybridized carbons (Fsp3) is 0.771. The molecule has 332 valence electrons. The second kappa shape index (κ2) is 45.3. The van der Waals surface area contributed by atoms with Crippen LogP contribution in [0.3, 0.4) is 0 Å². The predicted octanol–water partition coefficient (Wildman–Crippen LogP) is 14.1. The summed E-state index contributed by atoms with van der Waals surface area (Å²) in [5, 5.41) is 0. The number of ether oxygens (including phenoxy) is 2. The SMILES string of the molecule is CCCCCC/C=C\C/C=C\CCCCCCCCOCC(COP(=O)(O)OCCN)OC(=O)CCCCCCCC/C=C\C/C=C\C/C=C\CCCCCCC. The van der Waals surface area contributed by atoms with Crippen molar-refractivity contribution in [3.8, 4) is 0 Å². The summed E-state index contributed by atoms with van der Waals surface area (Å²) in [4.78, 5) is 22.5. The third kappa shape index (κ3) is 45.1. The number of esters is 1. The maximum absolute atomic E-state index is 12.6. The predicted molar refractivity (Wildman–Crippen MR) is 242 cm³/mol. The van der Waals surface area contributed by atoms with Crippen LogP contribution in [-0.2, 0) is 27.9 Å². The molecule has 0 aliphatic carbocycles. The summed E-state index contributed by atoms with van der Waals surface area (Å²) in [5.74, 6) is -0.347. The van der Waals surface area contributed by atoms with Crippen LogP contribution in [0.25, 0.3) is 0 Å². The number of phosphoric acid groups is 1. The highest BCUT2D eigenvalue weighted by Crippen LogP contribution is 2.43. The van der Waals surface area contributed by atoms with E-state index in [1.54, 1.807) is 0 Å². The second-order valence-corrected chi connectivity index (χ2v) is 16.7. The molecule has 0 aromatic rings. The van der Waals surface area contributed by atoms with E-state index in [1.165, 1.54) is 103 Å². The molecule has 0 aliphatic rings. The molecule has 0 heterocycles. The lowest BCUT2D eigenvalue weighted by atomic mass is 10.1. The molecule has 3 N–H and O–H groups in total. The fourth-order valence-corrected chi connectivity index (χ4v) is 6.97. The van der Waals surface area contributed by atoms with E-state index < -0.39 is 13.9 Å². The summed E-state index contributed by atoms with van der Waals surface area (Å²) in [5.41, 5.74) is 5.37. The maximum atomic E-state index is 12.6. The van der Waals surface area contributed by atoms with Gasteiger partial charge in [0.1, 0.15) is 6.10 Å². The van der Waals surface area contributed by atoms with E-state index in [-0.39, 0.29) is 32.3 Å². The van der Waals surface area contributed by atoms with Gasteiger partial charge >= 0.3 is 13.8 Å². The van der Waals surface area contributed by atoms with Gasteiger partial charge in [0.15, 0.2) is 0 Å². The molecule has 0 spiro atoms. The Balaban J connectivity index is 4.06. The number of hydrogen-bond donors (Lipinski definition) is 2. The van der Waals surface area contributed by atoms with Gasteiger partial charge in [-0.25, -0.2) is 4.57 Å². The molecule has 0 aromatic heterocycles. The number of carbonyl (C=O) groups excluding carboxylic acids is 1. The number of nitrogens with two attached hydrogens (primary N) is 1. The molecule has 0 saturated carbocycles. The Hall–Kier alpha value is -1.80. The van der Waals surface area contributed by atoms with E-state index in [0.717, 1.165) is 77.0 Å². The summed E-state index contributed by atoms with van der Waals surface area (Å²) in [6.45, 7) is 4.85. The standard InChI is InChI=1S/C48H88NO7P/c1-3-5-7-9-11-13-15-17-19-21-22-23-24-25-27-29-31-33-35-37-39-41-48(50)56-47(46-55-57(51,52)54-44-42-49)45-53-43-40-38-36-34-32-30-28-26-20-18-16-14-12-10-8-6-4-2/h14-17,20-22,24-26,47H,3-13,18-19,23,27-46,49H2,1-2H3,(H,51,52)/b16-14-,17-15-,22-21-,25-24-,26-20-. The Kier molecular flexibility index (Phi) is 43.9. The Morgan fingerprint density at radius 2 is 0.930 bits per heavy atom. The molecule has 0 rings (SSSR count). The zero-order valence-corrected chi connectivity index (χ0v) is 37.7. The van der Waals surface area contributed by atoms with Gasteiger partial charge in [-0.2, -0.15) is 0 Å². The summed E-state index contributed by atoms with van der Waals surface area (Å²) in [6.07, 6.45) is 55.2. The monoisotopic (exact) mass is 822 g/mol. The lowest BCUT2D eigenvalue weighted by molar-refractivity contribution is -0.154. The number of allylic oxidation sites excluding steroid dienone is 10. The fourth-order valence-electron chi connectivity index (χ4n) is 6.21. The van der Waals surface area contributed by atoms with Crippen LogP contribution in [0.5, 0.6) is 0 Å². The van der Waals surface area contributed by atoms with E-state index in [1.807, 2.05) is 0 Å². The molecule has 0 aromatic carbocycles. The third-order valence-electron chi connectivity index (χ3n) is 9.66. The number of hydrogen-bond acceptors (Lipinski definition) is 7. The highest BCUT2D eigenvalue weighted by molar-refractivity contribution is 7.47. The zero-order chi connectivity index (χ0) is 41.6. The Morgan fingerprint density at radius 1 is 0.526 bits per heavy atom. The Bertz CT molecular complexity index is 1060. The van der Waals surface area contributed by atoms with Crippen LogP contribution >= 0.6 is 7.82 Å². The number of carbonyl (C=O) groups is 1. The van der Waals surface area contributed by atoms with Crippen molar-refractivity contribution in [3.63, 3.8) is 0 Å². The molecule has 2 unspecified atom stereocenters. The van der Waals surface area contributed by atoms with Gasteiger partial charge in [0.2, 0.25) is 0 Å². The lowest BCUT2D eigenvalue weighted by Gasteiger charge is -2.20. The molecule has 9 heteroatoms. The van der Waals surface area contributed by atoms with E-state index in [2.05, 4.69) is 74.6 Å². The van der Waals surface area contributed by atoms with Crippen LogP contribution in [0.1, 0.15) is 200 Å². The van der Waals surface area contributed by atoms with Crippen molar-refractivity contribution in [3.05, 3.63) is 60.8 Å². The first kappa shape index (κ1) is 55.2. The van der Waals surface area contributed by atoms with E-state index in [4.69, 9.17) is 24.3 Å². The van der Waals surface area contributed by atoms with Crippen LogP contribution < -0.4 is 5.73 Å². The van der Waals surface area contributed by atoms with Crippen LogP contribution in [-0.4, -0.2) is 49.9 Å². The summed E-state index contributed by atoms with van der Waals surface area (Å²) in [7, 11) is -4.29. The van der Waals surface area contributed by atoms with Crippen molar-refractivity contribution in [2.75, 3.05) is 33.0 Å². The van der Waals surface area contributed by atoms with E-state index >= 15 is 0 Å². The molecule has 0 bridgehead atoms. The van der Waals surface area contributed by atoms with Crippen LogP contribution in [0, 0.1) is 0 Å². The number of rotatable bonds is 44. The molecule has 0 radical (unpaired) electrons. The number of phosphoric ester groups is 1. The third-order valence-corrected chi connectivity index (χ3v) is 10.6. The largest absolute Gasteiger partial charge is 0.472 e. The van der Waals surface area contributed by atoms with E-state index in [9.17, 15) is 14.3 Å². The average Bonchev–Trinajstić information content (AvgIpc) is 3.20. The minimum absolute atomic E-state index is 0.0936. The Labute approximate surface area is 351 Å². The lowest BCUT2D eigenvalue weighted by Crippen LogP contribution is -2.28. The quantitative estimate of drug-likeness (QED) is 0.0270. The second-order valence-electron chi connectivity index (χ2n) is 15.3. The minimum Gasteiger partial charge on any atom is -0.457 e. The molecule has 0 aliphatic heterocycles. The van der Waals surface area contributed by atoms with Gasteiger partial charge in [0.05, 0.1) is 19.8 Å². The number of unbranched alkanes of at least 4 members (excludes halogenated alkanes) is 21. The van der Waals surface area contributed by atoms with Gasteiger partial charge in [-0.3, -0.25) is 13.8 Å². The van der Waals surface area contributed by atoms with Crippen molar-refractivity contribution in [1.29, 1.82) is 0 Å². The maximum Gasteiger partial charge on any atom is 0.472 e. The van der Waals surface area contributed by atoms with Gasteiger partial charge in [0, 0.05) is 19.6 Å². The highest BCUT2D eigenvalue weighted by Gasteiger charge is 2.25. The van der Waals surface area contributed by atoms with Crippen LogP contribution in [0.15, 0.2) is 60.8 Å². The summed E-state index contributed by atoms with van der Waals surface area (Å²) < 4.78 is 33.5. The molecule has 0 fully saturated rings. The highest BCUT2D eigenvalue weighted by atomic mass is 31.2. The van der Waals surface area contributed by atoms with Gasteiger partial charge < -0.3 is 20.1 Å². The average molecular weight is 822 g/mol. The molecular weight excluding hydrogens is 734 g/mol. The summed E-state index contributed by atoms with van der Waals surface area (Å²) in [6, 6.07) is 0. The van der Waals surface area contributed by atoms with Gasteiger partial charge in [-0.1, -0.05) is 171 Å². The normalized spacial score (nSPS) is 14.0. The molecular formula is C48H88NO7P. The molecule has 0 amide bonds. The van der Waals surface area contributed by atoms with Crippen LogP contribution in [0.4, 0.5) is 0 Å². The van der Waals surface area contributed by atoms with E-state index in [0.29, 0.717) is 13.0 Å².